The number of carbonyl (C=O) groups excluding carboxylic acids is 2. The van der Waals surface area contributed by atoms with Crippen molar-refractivity contribution in [3.63, 3.8) is 0 Å². The molecule has 1 aliphatic rings. The van der Waals surface area contributed by atoms with Crippen LogP contribution in [0.15, 0.2) is 48.5 Å². The molecule has 3 rings (SSSR count). The first-order chi connectivity index (χ1) is 13.7. The first-order valence-corrected chi connectivity index (χ1v) is 9.83. The molecule has 0 aromatic heterocycles. The molecule has 2 amide bonds. The molecule has 28 heavy (non-hydrogen) atoms. The van der Waals surface area contributed by atoms with Gasteiger partial charge in [-0.1, -0.05) is 12.1 Å². The third kappa shape index (κ3) is 5.57. The Hall–Kier alpha value is -2.86. The molecular weight excluding hydrogens is 354 g/mol. The zero-order valence-corrected chi connectivity index (χ0v) is 16.3. The van der Waals surface area contributed by atoms with E-state index < -0.39 is 0 Å². The van der Waals surface area contributed by atoms with Crippen LogP contribution in [0.25, 0.3) is 0 Å². The fraction of sp³-hybridized carbons (Fsp3) is 0.364. The predicted octanol–water partition coefficient (Wildman–Crippen LogP) is 2.34. The molecule has 1 heterocycles. The van der Waals surface area contributed by atoms with Crippen molar-refractivity contribution in [2.24, 2.45) is 0 Å². The van der Waals surface area contributed by atoms with Crippen LogP contribution in [0, 0.1) is 0 Å². The van der Waals surface area contributed by atoms with Gasteiger partial charge in [-0.3, -0.25) is 9.59 Å². The summed E-state index contributed by atoms with van der Waals surface area (Å²) in [7, 11) is 1.60. The Bertz CT molecular complexity index is 797. The number of amides is 2. The molecule has 1 fully saturated rings. The number of hydrogen-bond donors (Lipinski definition) is 3. The Kier molecular flexibility index (Phi) is 7.03. The van der Waals surface area contributed by atoms with E-state index in [0.717, 1.165) is 18.8 Å². The largest absolute Gasteiger partial charge is 0.497 e. The summed E-state index contributed by atoms with van der Waals surface area (Å²) in [6, 6.07) is 14.2. The van der Waals surface area contributed by atoms with E-state index >= 15 is 0 Å². The minimum atomic E-state index is -0.261. The Labute approximate surface area is 165 Å². The van der Waals surface area contributed by atoms with Crippen LogP contribution in [0.4, 0.5) is 11.4 Å². The number of likely N-dealkylation sites (tertiary alicyclic amines) is 1. The van der Waals surface area contributed by atoms with Crippen LogP contribution in [0.1, 0.15) is 36.0 Å². The van der Waals surface area contributed by atoms with Crippen LogP contribution in [0.3, 0.4) is 0 Å². The van der Waals surface area contributed by atoms with Crippen molar-refractivity contribution in [2.75, 3.05) is 37.4 Å². The first-order valence-electron chi connectivity index (χ1n) is 9.83. The highest BCUT2D eigenvalue weighted by Crippen LogP contribution is 2.19. The lowest BCUT2D eigenvalue weighted by Crippen LogP contribution is -3.12. The van der Waals surface area contributed by atoms with Crippen molar-refractivity contribution in [3.8, 4) is 5.75 Å². The summed E-state index contributed by atoms with van der Waals surface area (Å²) in [6.45, 7) is 2.51. The van der Waals surface area contributed by atoms with Crippen molar-refractivity contribution >= 4 is 23.2 Å². The molecule has 2 aromatic carbocycles. The van der Waals surface area contributed by atoms with Crippen molar-refractivity contribution in [1.29, 1.82) is 0 Å². The van der Waals surface area contributed by atoms with Gasteiger partial charge in [-0.15, -0.1) is 0 Å². The minimum absolute atomic E-state index is 0.0541. The smallest absolute Gasteiger partial charge is 0.279 e. The third-order valence-electron chi connectivity index (χ3n) is 5.01. The maximum atomic E-state index is 12.7. The number of rotatable bonds is 6. The Balaban J connectivity index is 1.64. The van der Waals surface area contributed by atoms with Gasteiger partial charge in [-0.25, -0.2) is 0 Å². The van der Waals surface area contributed by atoms with E-state index in [0.29, 0.717) is 23.5 Å². The average Bonchev–Trinajstić information content (AvgIpc) is 2.97. The Morgan fingerprint density at radius 2 is 1.61 bits per heavy atom. The van der Waals surface area contributed by atoms with Crippen LogP contribution in [-0.4, -0.2) is 38.6 Å². The number of benzene rings is 2. The summed E-state index contributed by atoms with van der Waals surface area (Å²) in [5.41, 5.74) is 1.64. The maximum absolute atomic E-state index is 12.7. The van der Waals surface area contributed by atoms with E-state index in [9.17, 15) is 9.59 Å². The SMILES string of the molecule is COc1ccc(NC(=O)c2ccccc2NC(=O)C[NH+]2CCCCCC2)cc1. The molecule has 0 bridgehead atoms. The molecule has 6 nitrogen and oxygen atoms in total. The summed E-state index contributed by atoms with van der Waals surface area (Å²) in [5.74, 6) is 0.409. The zero-order valence-electron chi connectivity index (χ0n) is 16.3. The number of quaternary nitrogens is 1. The molecule has 3 N–H and O–H groups in total. The first kappa shape index (κ1) is 19.9. The van der Waals surface area contributed by atoms with E-state index in [1.54, 1.807) is 49.6 Å². The third-order valence-corrected chi connectivity index (χ3v) is 5.01. The van der Waals surface area contributed by atoms with Crippen LogP contribution in [0.5, 0.6) is 5.75 Å². The molecule has 6 heteroatoms. The predicted molar refractivity (Wildman–Crippen MR) is 110 cm³/mol. The topological polar surface area (TPSA) is 71.9 Å². The van der Waals surface area contributed by atoms with Crippen molar-refractivity contribution < 1.29 is 19.2 Å². The summed E-state index contributed by atoms with van der Waals surface area (Å²) in [4.78, 5) is 26.5. The van der Waals surface area contributed by atoms with Gasteiger partial charge in [0.2, 0.25) is 0 Å². The molecule has 0 atom stereocenters. The van der Waals surface area contributed by atoms with Crippen molar-refractivity contribution in [1.82, 2.24) is 0 Å². The fourth-order valence-corrected chi connectivity index (χ4v) is 3.49. The summed E-state index contributed by atoms with van der Waals surface area (Å²) >= 11 is 0. The highest BCUT2D eigenvalue weighted by atomic mass is 16.5. The number of hydrogen-bond acceptors (Lipinski definition) is 3. The molecular formula is C22H28N3O3+. The van der Waals surface area contributed by atoms with Crippen LogP contribution < -0.4 is 20.3 Å². The summed E-state index contributed by atoms with van der Waals surface area (Å²) in [6.07, 6.45) is 4.84. The van der Waals surface area contributed by atoms with Gasteiger partial charge in [0.25, 0.3) is 11.8 Å². The van der Waals surface area contributed by atoms with Crippen molar-refractivity contribution in [3.05, 3.63) is 54.1 Å². The Morgan fingerprint density at radius 3 is 2.29 bits per heavy atom. The van der Waals surface area contributed by atoms with Crippen LogP contribution in [-0.2, 0) is 4.79 Å². The second-order valence-electron chi connectivity index (χ2n) is 7.12. The monoisotopic (exact) mass is 382 g/mol. The van der Waals surface area contributed by atoms with Gasteiger partial charge < -0.3 is 20.3 Å². The molecule has 1 aliphatic heterocycles. The number of nitrogens with one attached hydrogen (secondary N) is 3. The molecule has 0 spiro atoms. The summed E-state index contributed by atoms with van der Waals surface area (Å²) < 4.78 is 5.13. The highest BCUT2D eigenvalue weighted by molar-refractivity contribution is 6.10. The lowest BCUT2D eigenvalue weighted by atomic mass is 10.1. The molecule has 0 aliphatic carbocycles. The van der Waals surface area contributed by atoms with E-state index in [-0.39, 0.29) is 11.8 Å². The highest BCUT2D eigenvalue weighted by Gasteiger charge is 2.18. The van der Waals surface area contributed by atoms with Crippen LogP contribution in [0.2, 0.25) is 0 Å². The standard InChI is InChI=1S/C22H27N3O3/c1-28-18-12-10-17(11-13-18)23-22(27)19-8-4-5-9-20(19)24-21(26)16-25-14-6-2-3-7-15-25/h4-5,8-13H,2-3,6-7,14-16H2,1H3,(H,23,27)(H,24,26)/p+1. The number of anilines is 2. The molecule has 2 aromatic rings. The van der Waals surface area contributed by atoms with Gasteiger partial charge in [0, 0.05) is 5.69 Å². The zero-order chi connectivity index (χ0) is 19.8. The lowest BCUT2D eigenvalue weighted by molar-refractivity contribution is -0.890. The summed E-state index contributed by atoms with van der Waals surface area (Å²) in [5, 5.41) is 5.78. The number of methoxy groups -OCH3 is 1. The van der Waals surface area contributed by atoms with Gasteiger partial charge in [-0.05, 0) is 62.1 Å². The second kappa shape index (κ2) is 9.90. The van der Waals surface area contributed by atoms with Crippen LogP contribution >= 0.6 is 0 Å². The quantitative estimate of drug-likeness (QED) is 0.718. The number of para-hydroxylation sites is 1. The molecule has 1 saturated heterocycles. The van der Waals surface area contributed by atoms with Gasteiger partial charge in [0.05, 0.1) is 31.5 Å². The average molecular weight is 382 g/mol. The van der Waals surface area contributed by atoms with Gasteiger partial charge in [0.1, 0.15) is 5.75 Å². The van der Waals surface area contributed by atoms with E-state index in [2.05, 4.69) is 10.6 Å². The minimum Gasteiger partial charge on any atom is -0.497 e. The van der Waals surface area contributed by atoms with E-state index in [1.165, 1.54) is 30.6 Å². The van der Waals surface area contributed by atoms with E-state index in [4.69, 9.17) is 4.74 Å². The maximum Gasteiger partial charge on any atom is 0.279 e. The molecule has 0 radical (unpaired) electrons. The normalized spacial score (nSPS) is 14.8. The number of ether oxygens (including phenoxy) is 1. The second-order valence-corrected chi connectivity index (χ2v) is 7.12. The lowest BCUT2D eigenvalue weighted by Gasteiger charge is -2.17. The van der Waals surface area contributed by atoms with Gasteiger partial charge in [0.15, 0.2) is 6.54 Å². The van der Waals surface area contributed by atoms with E-state index in [1.807, 2.05) is 6.07 Å². The number of carbonyl (C=O) groups is 2. The molecule has 0 saturated carbocycles. The molecule has 148 valence electrons. The van der Waals surface area contributed by atoms with Gasteiger partial charge >= 0.3 is 0 Å². The fourth-order valence-electron chi connectivity index (χ4n) is 3.49. The van der Waals surface area contributed by atoms with Gasteiger partial charge in [-0.2, -0.15) is 0 Å². The Morgan fingerprint density at radius 1 is 0.929 bits per heavy atom. The van der Waals surface area contributed by atoms with Crippen molar-refractivity contribution in [2.45, 2.75) is 25.7 Å². The molecule has 0 unspecified atom stereocenters.